The molecular weight excluding hydrogens is 326 g/mol. The van der Waals surface area contributed by atoms with Gasteiger partial charge in [0.05, 0.1) is 12.7 Å². The SMILES string of the molecule is COc1cccc(C(=O)OCC(=O)NCc2ccc3c(c2)OCO3)c1. The molecule has 2 aromatic carbocycles. The van der Waals surface area contributed by atoms with Gasteiger partial charge in [0.1, 0.15) is 5.75 Å². The first-order valence-corrected chi connectivity index (χ1v) is 7.62. The first-order chi connectivity index (χ1) is 12.2. The largest absolute Gasteiger partial charge is 0.497 e. The minimum Gasteiger partial charge on any atom is -0.497 e. The molecule has 0 saturated heterocycles. The third kappa shape index (κ3) is 4.20. The van der Waals surface area contributed by atoms with Crippen LogP contribution in [0.1, 0.15) is 15.9 Å². The molecule has 25 heavy (non-hydrogen) atoms. The van der Waals surface area contributed by atoms with Crippen molar-refractivity contribution >= 4 is 11.9 Å². The molecule has 1 N–H and O–H groups in total. The topological polar surface area (TPSA) is 83.1 Å². The summed E-state index contributed by atoms with van der Waals surface area (Å²) in [5, 5.41) is 2.68. The maximum Gasteiger partial charge on any atom is 0.338 e. The van der Waals surface area contributed by atoms with Crippen molar-refractivity contribution in [2.75, 3.05) is 20.5 Å². The van der Waals surface area contributed by atoms with Crippen LogP contribution in [0.4, 0.5) is 0 Å². The van der Waals surface area contributed by atoms with Crippen LogP contribution in [0, 0.1) is 0 Å². The van der Waals surface area contributed by atoms with Crippen molar-refractivity contribution in [2.24, 2.45) is 0 Å². The van der Waals surface area contributed by atoms with Gasteiger partial charge in [-0.1, -0.05) is 12.1 Å². The van der Waals surface area contributed by atoms with E-state index < -0.39 is 11.9 Å². The Bertz CT molecular complexity index is 789. The monoisotopic (exact) mass is 343 g/mol. The number of esters is 1. The maximum absolute atomic E-state index is 11.9. The lowest BCUT2D eigenvalue weighted by atomic mass is 10.2. The molecule has 0 atom stereocenters. The molecule has 0 spiro atoms. The highest BCUT2D eigenvalue weighted by Crippen LogP contribution is 2.32. The van der Waals surface area contributed by atoms with E-state index in [1.807, 2.05) is 6.07 Å². The number of methoxy groups -OCH3 is 1. The second-order valence-electron chi connectivity index (χ2n) is 5.27. The van der Waals surface area contributed by atoms with E-state index >= 15 is 0 Å². The minimum absolute atomic E-state index is 0.200. The molecule has 1 amide bonds. The molecule has 2 aromatic rings. The molecule has 1 aliphatic heterocycles. The normalized spacial score (nSPS) is 11.7. The van der Waals surface area contributed by atoms with Crippen molar-refractivity contribution in [1.29, 1.82) is 0 Å². The fraction of sp³-hybridized carbons (Fsp3) is 0.222. The number of nitrogens with one attached hydrogen (secondary N) is 1. The highest BCUT2D eigenvalue weighted by Gasteiger charge is 2.14. The lowest BCUT2D eigenvalue weighted by Gasteiger charge is -2.08. The molecule has 7 heteroatoms. The van der Waals surface area contributed by atoms with E-state index in [1.54, 1.807) is 36.4 Å². The molecule has 0 radical (unpaired) electrons. The van der Waals surface area contributed by atoms with Crippen LogP contribution in [0.5, 0.6) is 17.2 Å². The number of amides is 1. The first-order valence-electron chi connectivity index (χ1n) is 7.62. The van der Waals surface area contributed by atoms with Crippen LogP contribution < -0.4 is 19.5 Å². The Balaban J connectivity index is 1.47. The summed E-state index contributed by atoms with van der Waals surface area (Å²) in [4.78, 5) is 23.8. The highest BCUT2D eigenvalue weighted by atomic mass is 16.7. The average molecular weight is 343 g/mol. The lowest BCUT2D eigenvalue weighted by Crippen LogP contribution is -2.28. The van der Waals surface area contributed by atoms with Gasteiger partial charge < -0.3 is 24.3 Å². The molecule has 0 bridgehead atoms. The van der Waals surface area contributed by atoms with Gasteiger partial charge in [0, 0.05) is 6.54 Å². The number of carbonyl (C=O) groups is 2. The van der Waals surface area contributed by atoms with Crippen LogP contribution in [0.3, 0.4) is 0 Å². The Morgan fingerprint density at radius 3 is 2.80 bits per heavy atom. The summed E-state index contributed by atoms with van der Waals surface area (Å²) in [5.74, 6) is 0.895. The molecule has 3 rings (SSSR count). The van der Waals surface area contributed by atoms with Crippen LogP contribution in [-0.4, -0.2) is 32.4 Å². The number of benzene rings is 2. The van der Waals surface area contributed by atoms with Gasteiger partial charge >= 0.3 is 5.97 Å². The van der Waals surface area contributed by atoms with Gasteiger partial charge in [0.15, 0.2) is 18.1 Å². The van der Waals surface area contributed by atoms with E-state index in [0.29, 0.717) is 29.4 Å². The second-order valence-corrected chi connectivity index (χ2v) is 5.27. The molecule has 0 unspecified atom stereocenters. The third-order valence-corrected chi connectivity index (χ3v) is 3.57. The molecule has 0 aromatic heterocycles. The Morgan fingerprint density at radius 1 is 1.12 bits per heavy atom. The van der Waals surface area contributed by atoms with E-state index in [9.17, 15) is 9.59 Å². The Hall–Kier alpha value is -3.22. The predicted molar refractivity (Wildman–Crippen MR) is 87.7 cm³/mol. The summed E-state index contributed by atoms with van der Waals surface area (Å²) < 4.78 is 20.5. The van der Waals surface area contributed by atoms with Crippen molar-refractivity contribution in [2.45, 2.75) is 6.54 Å². The van der Waals surface area contributed by atoms with Crippen molar-refractivity contribution in [3.63, 3.8) is 0 Å². The summed E-state index contributed by atoms with van der Waals surface area (Å²) in [7, 11) is 1.51. The van der Waals surface area contributed by atoms with Gasteiger partial charge in [0.2, 0.25) is 6.79 Å². The zero-order chi connectivity index (χ0) is 17.6. The Morgan fingerprint density at radius 2 is 1.96 bits per heavy atom. The zero-order valence-electron chi connectivity index (χ0n) is 13.6. The lowest BCUT2D eigenvalue weighted by molar-refractivity contribution is -0.124. The van der Waals surface area contributed by atoms with Gasteiger partial charge in [-0.2, -0.15) is 0 Å². The summed E-state index contributed by atoms with van der Waals surface area (Å²) in [5.41, 5.74) is 1.18. The number of hydrogen-bond donors (Lipinski definition) is 1. The minimum atomic E-state index is -0.586. The van der Waals surface area contributed by atoms with Gasteiger partial charge in [-0.25, -0.2) is 4.79 Å². The van der Waals surface area contributed by atoms with Gasteiger partial charge in [0.25, 0.3) is 5.91 Å². The van der Waals surface area contributed by atoms with Crippen LogP contribution in [0.25, 0.3) is 0 Å². The first kappa shape index (κ1) is 16.6. The van der Waals surface area contributed by atoms with Crippen LogP contribution >= 0.6 is 0 Å². The molecule has 0 saturated carbocycles. The van der Waals surface area contributed by atoms with E-state index in [4.69, 9.17) is 18.9 Å². The van der Waals surface area contributed by atoms with Crippen LogP contribution in [-0.2, 0) is 16.1 Å². The fourth-order valence-electron chi connectivity index (χ4n) is 2.27. The Kier molecular flexibility index (Phi) is 5.03. The zero-order valence-corrected chi connectivity index (χ0v) is 13.6. The number of ether oxygens (including phenoxy) is 4. The van der Waals surface area contributed by atoms with E-state index in [-0.39, 0.29) is 13.4 Å². The van der Waals surface area contributed by atoms with Crippen molar-refractivity contribution < 1.29 is 28.5 Å². The van der Waals surface area contributed by atoms with Crippen LogP contribution in [0.2, 0.25) is 0 Å². The van der Waals surface area contributed by atoms with Gasteiger partial charge in [-0.3, -0.25) is 4.79 Å². The predicted octanol–water partition coefficient (Wildman–Crippen LogP) is 1.90. The molecule has 0 fully saturated rings. The smallest absolute Gasteiger partial charge is 0.338 e. The average Bonchev–Trinajstić information content (AvgIpc) is 3.12. The molecular formula is C18H17NO6. The quantitative estimate of drug-likeness (QED) is 0.807. The molecule has 130 valence electrons. The van der Waals surface area contributed by atoms with E-state index in [1.165, 1.54) is 7.11 Å². The summed E-state index contributed by atoms with van der Waals surface area (Å²) in [6, 6.07) is 11.9. The molecule has 1 heterocycles. The number of hydrogen-bond acceptors (Lipinski definition) is 6. The van der Waals surface area contributed by atoms with E-state index in [0.717, 1.165) is 5.56 Å². The van der Waals surface area contributed by atoms with Crippen molar-refractivity contribution in [1.82, 2.24) is 5.32 Å². The molecule has 1 aliphatic rings. The molecule has 7 nitrogen and oxygen atoms in total. The number of fused-ring (bicyclic) bond motifs is 1. The van der Waals surface area contributed by atoms with E-state index in [2.05, 4.69) is 5.32 Å². The molecule has 0 aliphatic carbocycles. The Labute approximate surface area is 144 Å². The summed E-state index contributed by atoms with van der Waals surface area (Å²) in [6.45, 7) is 0.137. The van der Waals surface area contributed by atoms with Crippen LogP contribution in [0.15, 0.2) is 42.5 Å². The fourth-order valence-corrected chi connectivity index (χ4v) is 2.27. The number of carbonyl (C=O) groups excluding carboxylic acids is 2. The summed E-state index contributed by atoms with van der Waals surface area (Å²) in [6.07, 6.45) is 0. The van der Waals surface area contributed by atoms with Crippen molar-refractivity contribution in [3.05, 3.63) is 53.6 Å². The number of rotatable bonds is 6. The van der Waals surface area contributed by atoms with Gasteiger partial charge in [-0.15, -0.1) is 0 Å². The second kappa shape index (κ2) is 7.57. The van der Waals surface area contributed by atoms with Gasteiger partial charge in [-0.05, 0) is 35.9 Å². The standard InChI is InChI=1S/C18H17NO6/c1-22-14-4-2-3-13(8-14)18(21)23-10-17(20)19-9-12-5-6-15-16(7-12)25-11-24-15/h2-8H,9-11H2,1H3,(H,19,20). The highest BCUT2D eigenvalue weighted by molar-refractivity contribution is 5.91. The third-order valence-electron chi connectivity index (χ3n) is 3.57. The van der Waals surface area contributed by atoms with Crippen molar-refractivity contribution in [3.8, 4) is 17.2 Å². The summed E-state index contributed by atoms with van der Waals surface area (Å²) >= 11 is 0. The maximum atomic E-state index is 11.9.